The second-order valence-corrected chi connectivity index (χ2v) is 6.93. The molecule has 3 nitrogen and oxygen atoms in total. The number of fused-ring (bicyclic) bond motifs is 1. The molecule has 98 valence electrons. The summed E-state index contributed by atoms with van der Waals surface area (Å²) in [6.45, 7) is 4.58. The summed E-state index contributed by atoms with van der Waals surface area (Å²) in [6.07, 6.45) is 6.61. The van der Waals surface area contributed by atoms with E-state index < -0.39 is 0 Å². The Bertz CT molecular complexity index is 270. The maximum Gasteiger partial charge on any atom is 0.315 e. The van der Waals surface area contributed by atoms with Gasteiger partial charge in [0.2, 0.25) is 0 Å². The number of urea groups is 1. The van der Waals surface area contributed by atoms with E-state index in [-0.39, 0.29) is 6.03 Å². The highest BCUT2D eigenvalue weighted by Gasteiger charge is 2.42. The lowest BCUT2D eigenvalue weighted by molar-refractivity contribution is 0.247. The largest absolute Gasteiger partial charge is 0.332 e. The van der Waals surface area contributed by atoms with Crippen molar-refractivity contribution in [3.8, 4) is 0 Å². The summed E-state index contributed by atoms with van der Waals surface area (Å²) in [4.78, 5) is 11.2. The summed E-state index contributed by atoms with van der Waals surface area (Å²) in [5.74, 6) is 1.92. The van der Waals surface area contributed by atoms with Crippen molar-refractivity contribution in [3.05, 3.63) is 0 Å². The van der Waals surface area contributed by atoms with Gasteiger partial charge in [0, 0.05) is 11.0 Å². The van der Waals surface area contributed by atoms with E-state index in [1.165, 1.54) is 32.1 Å². The van der Waals surface area contributed by atoms with Gasteiger partial charge in [-0.3, -0.25) is 0 Å². The smallest absolute Gasteiger partial charge is 0.315 e. The van der Waals surface area contributed by atoms with Gasteiger partial charge < -0.3 is 10.6 Å². The van der Waals surface area contributed by atoms with Gasteiger partial charge in [-0.15, -0.1) is 0 Å². The van der Waals surface area contributed by atoms with Crippen LogP contribution in [0, 0.1) is 5.92 Å². The third-order valence-electron chi connectivity index (χ3n) is 3.71. The van der Waals surface area contributed by atoms with Gasteiger partial charge in [0.25, 0.3) is 0 Å². The van der Waals surface area contributed by atoms with Crippen LogP contribution in [-0.2, 0) is 0 Å². The maximum atomic E-state index is 11.2. The molecule has 2 fully saturated rings. The first kappa shape index (κ1) is 13.1. The molecule has 3 atom stereocenters. The third-order valence-corrected chi connectivity index (χ3v) is 5.22. The van der Waals surface area contributed by atoms with Gasteiger partial charge in [0.05, 0.1) is 12.1 Å². The number of unbranched alkanes of at least 4 members (excludes halogenated alkanes) is 2. The topological polar surface area (TPSA) is 41.1 Å². The molecule has 0 radical (unpaired) electrons. The first-order valence-corrected chi connectivity index (χ1v) is 7.90. The van der Waals surface area contributed by atoms with E-state index in [9.17, 15) is 4.79 Å². The maximum absolute atomic E-state index is 11.2. The van der Waals surface area contributed by atoms with Crippen molar-refractivity contribution in [1.29, 1.82) is 0 Å². The molecule has 2 N–H and O–H groups in total. The Labute approximate surface area is 108 Å². The molecule has 17 heavy (non-hydrogen) atoms. The van der Waals surface area contributed by atoms with Gasteiger partial charge >= 0.3 is 6.03 Å². The molecule has 2 saturated heterocycles. The number of hydrogen-bond acceptors (Lipinski definition) is 2. The molecule has 0 unspecified atom stereocenters. The zero-order valence-corrected chi connectivity index (χ0v) is 11.7. The van der Waals surface area contributed by atoms with Crippen LogP contribution in [0.15, 0.2) is 0 Å². The van der Waals surface area contributed by atoms with Crippen molar-refractivity contribution < 1.29 is 4.79 Å². The Kier molecular flexibility index (Phi) is 4.60. The molecule has 2 amide bonds. The number of thioether (sulfide) groups is 1. The highest BCUT2D eigenvalue weighted by Crippen LogP contribution is 2.33. The summed E-state index contributed by atoms with van der Waals surface area (Å²) in [5.41, 5.74) is 0. The lowest BCUT2D eigenvalue weighted by Gasteiger charge is -2.16. The number of carbonyl (C=O) groups is 1. The van der Waals surface area contributed by atoms with Gasteiger partial charge in [0.1, 0.15) is 0 Å². The van der Waals surface area contributed by atoms with Crippen LogP contribution in [0.5, 0.6) is 0 Å². The number of rotatable bonds is 6. The first-order chi connectivity index (χ1) is 8.16. The Hall–Kier alpha value is -0.380. The van der Waals surface area contributed by atoms with Crippen LogP contribution in [0.25, 0.3) is 0 Å². The average molecular weight is 256 g/mol. The Morgan fingerprint density at radius 2 is 2.12 bits per heavy atom. The predicted molar refractivity (Wildman–Crippen MR) is 73.4 cm³/mol. The highest BCUT2D eigenvalue weighted by molar-refractivity contribution is 8.00. The normalized spacial score (nSPS) is 31.5. The molecule has 0 aromatic carbocycles. The molecule has 0 spiro atoms. The monoisotopic (exact) mass is 256 g/mol. The molecule has 0 saturated carbocycles. The zero-order valence-electron chi connectivity index (χ0n) is 10.9. The van der Waals surface area contributed by atoms with Crippen LogP contribution < -0.4 is 10.6 Å². The second-order valence-electron chi connectivity index (χ2n) is 5.65. The van der Waals surface area contributed by atoms with Crippen molar-refractivity contribution in [3.63, 3.8) is 0 Å². The standard InChI is InChI=1S/C13H24N2OS/c1-9(2)6-4-3-5-7-11-12-10(8-17-11)14-13(16)15-12/h9-12H,3-8H2,1-2H3,(H2,14,15,16)/t10-,11-,12-/m1/s1. The third kappa shape index (κ3) is 3.54. The highest BCUT2D eigenvalue weighted by atomic mass is 32.2. The van der Waals surface area contributed by atoms with Gasteiger partial charge in [0.15, 0.2) is 0 Å². The lowest BCUT2D eigenvalue weighted by Crippen LogP contribution is -2.36. The average Bonchev–Trinajstić information content (AvgIpc) is 2.77. The molecular formula is C13H24N2OS. The number of hydrogen-bond donors (Lipinski definition) is 2. The molecule has 4 heteroatoms. The van der Waals surface area contributed by atoms with E-state index in [0.717, 1.165) is 11.7 Å². The molecule has 2 rings (SSSR count). The fourth-order valence-electron chi connectivity index (χ4n) is 2.72. The zero-order chi connectivity index (χ0) is 12.3. The van der Waals surface area contributed by atoms with Crippen LogP contribution in [0.2, 0.25) is 0 Å². The number of amides is 2. The van der Waals surface area contributed by atoms with Crippen molar-refractivity contribution in [1.82, 2.24) is 10.6 Å². The van der Waals surface area contributed by atoms with Crippen LogP contribution in [0.4, 0.5) is 4.79 Å². The molecule has 0 aliphatic carbocycles. The fraction of sp³-hybridized carbons (Fsp3) is 0.923. The summed E-state index contributed by atoms with van der Waals surface area (Å²) in [5, 5.41) is 6.68. The Morgan fingerprint density at radius 1 is 1.29 bits per heavy atom. The van der Waals surface area contributed by atoms with Crippen LogP contribution >= 0.6 is 11.8 Å². The molecule has 2 aliphatic rings. The van der Waals surface area contributed by atoms with Gasteiger partial charge in [-0.25, -0.2) is 4.79 Å². The first-order valence-electron chi connectivity index (χ1n) is 6.85. The van der Waals surface area contributed by atoms with Crippen molar-refractivity contribution >= 4 is 17.8 Å². The van der Waals surface area contributed by atoms with E-state index in [0.29, 0.717) is 17.3 Å². The summed E-state index contributed by atoms with van der Waals surface area (Å²) in [6, 6.07) is 0.802. The number of nitrogens with one attached hydrogen (secondary N) is 2. The van der Waals surface area contributed by atoms with E-state index >= 15 is 0 Å². The lowest BCUT2D eigenvalue weighted by atomic mass is 10.0. The minimum atomic E-state index is 0.0325. The second kappa shape index (κ2) is 5.98. The van der Waals surface area contributed by atoms with Crippen LogP contribution in [0.3, 0.4) is 0 Å². The van der Waals surface area contributed by atoms with E-state index in [4.69, 9.17) is 0 Å². The quantitative estimate of drug-likeness (QED) is 0.567. The number of carbonyl (C=O) groups excluding carboxylic acids is 1. The summed E-state index contributed by atoms with van der Waals surface area (Å²) < 4.78 is 0. The van der Waals surface area contributed by atoms with E-state index in [2.05, 4.69) is 24.5 Å². The minimum Gasteiger partial charge on any atom is -0.332 e. The molecular weight excluding hydrogens is 232 g/mol. The van der Waals surface area contributed by atoms with Crippen LogP contribution in [0.1, 0.15) is 46.0 Å². The predicted octanol–water partition coefficient (Wildman–Crippen LogP) is 2.76. The van der Waals surface area contributed by atoms with Crippen LogP contribution in [-0.4, -0.2) is 29.1 Å². The van der Waals surface area contributed by atoms with E-state index in [1.54, 1.807) is 0 Å². The molecule has 2 heterocycles. The summed E-state index contributed by atoms with van der Waals surface area (Å²) >= 11 is 2.02. The minimum absolute atomic E-state index is 0.0325. The Balaban J connectivity index is 1.62. The SMILES string of the molecule is CC(C)CCCCC[C@H]1SC[C@H]2NC(=O)N[C@H]21. The molecule has 0 aromatic heterocycles. The van der Waals surface area contributed by atoms with Gasteiger partial charge in [-0.05, 0) is 12.3 Å². The van der Waals surface area contributed by atoms with Gasteiger partial charge in [-0.2, -0.15) is 11.8 Å². The Morgan fingerprint density at radius 3 is 2.88 bits per heavy atom. The van der Waals surface area contributed by atoms with Crippen molar-refractivity contribution in [2.45, 2.75) is 63.3 Å². The molecule has 0 aromatic rings. The van der Waals surface area contributed by atoms with E-state index in [1.807, 2.05) is 11.8 Å². The molecule has 2 aliphatic heterocycles. The fourth-order valence-corrected chi connectivity index (χ4v) is 4.26. The van der Waals surface area contributed by atoms with Crippen molar-refractivity contribution in [2.75, 3.05) is 5.75 Å². The van der Waals surface area contributed by atoms with Gasteiger partial charge in [-0.1, -0.05) is 39.5 Å². The summed E-state index contributed by atoms with van der Waals surface area (Å²) in [7, 11) is 0. The molecule has 0 bridgehead atoms. The van der Waals surface area contributed by atoms with Crippen molar-refractivity contribution in [2.24, 2.45) is 5.92 Å².